The Labute approximate surface area is 226 Å². The molecule has 34 heavy (non-hydrogen) atoms. The van der Waals surface area contributed by atoms with Crippen molar-refractivity contribution in [2.45, 2.75) is 20.3 Å². The van der Waals surface area contributed by atoms with Gasteiger partial charge in [0, 0.05) is 5.39 Å². The molecule has 0 saturated heterocycles. The number of halogens is 1. The summed E-state index contributed by atoms with van der Waals surface area (Å²) in [7, 11) is 1.48. The maximum atomic E-state index is 11.0. The Balaban J connectivity index is 0.000000566. The minimum Gasteiger partial charge on any atom is -1.00 e. The minimum atomic E-state index is -0.974. The molecule has 4 rings (SSSR count). The van der Waals surface area contributed by atoms with Gasteiger partial charge >= 0.3 is 35.0 Å². The van der Waals surface area contributed by atoms with Gasteiger partial charge in [0.15, 0.2) is 0 Å². The van der Waals surface area contributed by atoms with Crippen molar-refractivity contribution in [1.82, 2.24) is 0 Å². The average Bonchev–Trinajstić information content (AvgIpc) is 2.83. The zero-order valence-electron chi connectivity index (χ0n) is 19.5. The van der Waals surface area contributed by atoms with Gasteiger partial charge in [0.25, 0.3) is 0 Å². The van der Waals surface area contributed by atoms with Gasteiger partial charge in [0.1, 0.15) is 11.3 Å². The fourth-order valence-electron chi connectivity index (χ4n) is 3.55. The third kappa shape index (κ3) is 7.19. The third-order valence-electron chi connectivity index (χ3n) is 4.94. The molecule has 2 N–H and O–H groups in total. The molecule has 0 bridgehead atoms. The van der Waals surface area contributed by atoms with Crippen molar-refractivity contribution < 1.29 is 41.5 Å². The van der Waals surface area contributed by atoms with Crippen LogP contribution in [0.15, 0.2) is 72.8 Å². The molecule has 0 unspecified atom stereocenters. The average molecular weight is 536 g/mol. The molecular formula is C27H27BrMgO5. The first-order valence-electron chi connectivity index (χ1n) is 10.2. The number of rotatable bonds is 4. The van der Waals surface area contributed by atoms with Gasteiger partial charge in [-0.05, 0) is 40.3 Å². The normalized spacial score (nSPS) is 9.29. The second-order valence-electron chi connectivity index (χ2n) is 6.64. The third-order valence-corrected chi connectivity index (χ3v) is 4.94. The van der Waals surface area contributed by atoms with Crippen LogP contribution in [0.4, 0.5) is 0 Å². The number of hydrogen-bond donors (Lipinski definition) is 2. The van der Waals surface area contributed by atoms with Crippen molar-refractivity contribution in [3.63, 3.8) is 0 Å². The Morgan fingerprint density at radius 1 is 0.765 bits per heavy atom. The molecular weight excluding hydrogens is 509 g/mol. The van der Waals surface area contributed by atoms with E-state index in [-0.39, 0.29) is 45.6 Å². The van der Waals surface area contributed by atoms with Crippen LogP contribution >= 0.6 is 0 Å². The van der Waals surface area contributed by atoms with Gasteiger partial charge in [-0.15, -0.1) is 0 Å². The standard InChI is InChI=1S/C13H12O2.C12H10O3.C2H5.BrH.Mg/c1-2-10-11-6-4-3-5-9(11)7-8-12(10)13(14)15;1-15-11-9-5-3-2-4-8(9)6-7-10(11)12(13)14;1-2;;/h3-8H,2H2,1H3,(H,14,15);2-7H,1H3,(H,13,14);1H2,2H3;1H;/q;;-1;;+2/p-1. The summed E-state index contributed by atoms with van der Waals surface area (Å²) in [5.74, 6) is -1.41. The molecule has 0 fully saturated rings. The first-order chi connectivity index (χ1) is 15.5. The molecule has 0 aliphatic carbocycles. The summed E-state index contributed by atoms with van der Waals surface area (Å²) < 4.78 is 5.14. The zero-order valence-corrected chi connectivity index (χ0v) is 22.5. The summed E-state index contributed by atoms with van der Waals surface area (Å²) in [6, 6.07) is 22.3. The molecule has 0 atom stereocenters. The van der Waals surface area contributed by atoms with E-state index in [0.717, 1.165) is 33.5 Å². The molecule has 0 aliphatic rings. The predicted octanol–water partition coefficient (Wildman–Crippen LogP) is 3.11. The number of aromatic carboxylic acids is 2. The molecule has 4 aromatic carbocycles. The molecule has 0 saturated carbocycles. The topological polar surface area (TPSA) is 83.8 Å². The van der Waals surface area contributed by atoms with E-state index < -0.39 is 11.9 Å². The van der Waals surface area contributed by atoms with Crippen LogP contribution in [0.2, 0.25) is 0 Å². The van der Waals surface area contributed by atoms with E-state index in [1.54, 1.807) is 25.1 Å². The Kier molecular flexibility index (Phi) is 14.1. The van der Waals surface area contributed by atoms with E-state index >= 15 is 0 Å². The molecule has 0 radical (unpaired) electrons. The van der Waals surface area contributed by atoms with Crippen LogP contribution in [0.5, 0.6) is 5.75 Å². The van der Waals surface area contributed by atoms with Gasteiger partial charge in [-0.3, -0.25) is 0 Å². The number of carbonyl (C=O) groups is 2. The molecule has 5 nitrogen and oxygen atoms in total. The van der Waals surface area contributed by atoms with E-state index in [2.05, 4.69) is 6.92 Å². The first kappa shape index (κ1) is 31.4. The summed E-state index contributed by atoms with van der Waals surface area (Å²) in [5.41, 5.74) is 1.52. The van der Waals surface area contributed by atoms with E-state index in [9.17, 15) is 9.59 Å². The number of fused-ring (bicyclic) bond motifs is 2. The van der Waals surface area contributed by atoms with E-state index in [1.165, 1.54) is 7.11 Å². The monoisotopic (exact) mass is 534 g/mol. The number of benzene rings is 4. The van der Waals surface area contributed by atoms with Crippen LogP contribution in [-0.4, -0.2) is 52.3 Å². The molecule has 7 heteroatoms. The van der Waals surface area contributed by atoms with Gasteiger partial charge in [-0.25, -0.2) is 9.59 Å². The Morgan fingerprint density at radius 3 is 1.68 bits per heavy atom. The van der Waals surface area contributed by atoms with Crippen LogP contribution in [0.3, 0.4) is 0 Å². The van der Waals surface area contributed by atoms with Crippen molar-refractivity contribution in [2.24, 2.45) is 0 Å². The fourth-order valence-corrected chi connectivity index (χ4v) is 3.55. The summed E-state index contributed by atoms with van der Waals surface area (Å²) >= 11 is 0. The number of aryl methyl sites for hydroxylation is 1. The van der Waals surface area contributed by atoms with Crippen LogP contribution < -0.4 is 21.7 Å². The molecule has 0 amide bonds. The van der Waals surface area contributed by atoms with Gasteiger partial charge < -0.3 is 38.9 Å². The quantitative estimate of drug-likeness (QED) is 0.310. The second kappa shape index (κ2) is 15.3. The Hall–Kier alpha value is -2.61. The van der Waals surface area contributed by atoms with Crippen molar-refractivity contribution >= 4 is 56.5 Å². The van der Waals surface area contributed by atoms with Crippen LogP contribution in [-0.2, 0) is 6.42 Å². The first-order valence-corrected chi connectivity index (χ1v) is 10.2. The van der Waals surface area contributed by atoms with E-state index in [1.807, 2.05) is 61.5 Å². The molecule has 0 aliphatic heterocycles. The fraction of sp³-hybridized carbons (Fsp3) is 0.148. The summed E-state index contributed by atoms with van der Waals surface area (Å²) in [6.07, 6.45) is 0.739. The number of carboxylic acids is 2. The van der Waals surface area contributed by atoms with Crippen molar-refractivity contribution in [1.29, 1.82) is 0 Å². The van der Waals surface area contributed by atoms with Crippen LogP contribution in [0.1, 0.15) is 40.1 Å². The van der Waals surface area contributed by atoms with Crippen molar-refractivity contribution in [2.75, 3.05) is 7.11 Å². The predicted molar refractivity (Wildman–Crippen MR) is 135 cm³/mol. The Bertz CT molecular complexity index is 1140. The molecule has 0 spiro atoms. The summed E-state index contributed by atoms with van der Waals surface area (Å²) in [5, 5.41) is 22.0. The molecule has 174 valence electrons. The summed E-state index contributed by atoms with van der Waals surface area (Å²) in [4.78, 5) is 22.0. The minimum absolute atomic E-state index is 0. The number of methoxy groups -OCH3 is 1. The maximum Gasteiger partial charge on any atom is 2.00 e. The van der Waals surface area contributed by atoms with Crippen molar-refractivity contribution in [3.8, 4) is 5.75 Å². The number of ether oxygens (including phenoxy) is 1. The Morgan fingerprint density at radius 2 is 1.21 bits per heavy atom. The maximum absolute atomic E-state index is 11.0. The van der Waals surface area contributed by atoms with Crippen LogP contribution in [0, 0.1) is 6.92 Å². The van der Waals surface area contributed by atoms with Gasteiger partial charge in [-0.2, -0.15) is 6.92 Å². The number of carboxylic acid groups (broad SMARTS) is 2. The summed E-state index contributed by atoms with van der Waals surface area (Å²) in [6.45, 7) is 6.98. The largest absolute Gasteiger partial charge is 2.00 e. The number of hydrogen-bond acceptors (Lipinski definition) is 3. The zero-order chi connectivity index (χ0) is 23.7. The van der Waals surface area contributed by atoms with E-state index in [0.29, 0.717) is 11.3 Å². The van der Waals surface area contributed by atoms with E-state index in [4.69, 9.17) is 14.9 Å². The van der Waals surface area contributed by atoms with Crippen molar-refractivity contribution in [3.05, 3.63) is 96.4 Å². The molecule has 0 aromatic heterocycles. The van der Waals surface area contributed by atoms with Crippen LogP contribution in [0.25, 0.3) is 21.5 Å². The molecule has 4 aromatic rings. The van der Waals surface area contributed by atoms with Gasteiger partial charge in [0.2, 0.25) is 0 Å². The smallest absolute Gasteiger partial charge is 1.00 e. The van der Waals surface area contributed by atoms with Gasteiger partial charge in [0.05, 0.1) is 12.7 Å². The second-order valence-corrected chi connectivity index (χ2v) is 6.64. The van der Waals surface area contributed by atoms with Gasteiger partial charge in [-0.1, -0.05) is 67.6 Å². The molecule has 0 heterocycles. The SMILES string of the molecule is CCc1c(C(=O)O)ccc2ccccc12.COc1c(C(=O)O)ccc2ccccc12.[Br-].[CH2-]C.[Mg+2].